The van der Waals surface area contributed by atoms with Crippen LogP contribution in [-0.2, 0) is 9.84 Å². The molecule has 1 aliphatic carbocycles. The molecule has 1 saturated carbocycles. The second-order valence-electron chi connectivity index (χ2n) is 5.00. The van der Waals surface area contributed by atoms with Crippen LogP contribution < -0.4 is 5.32 Å². The molecule has 1 heterocycles. The molecule has 1 aliphatic heterocycles. The summed E-state index contributed by atoms with van der Waals surface area (Å²) in [4.78, 5) is 2.40. The van der Waals surface area contributed by atoms with Crippen molar-refractivity contribution in [2.45, 2.75) is 25.3 Å². The Morgan fingerprint density at radius 1 is 1.25 bits per heavy atom. The van der Waals surface area contributed by atoms with Gasteiger partial charge >= 0.3 is 0 Å². The van der Waals surface area contributed by atoms with E-state index in [2.05, 4.69) is 10.2 Å². The molecule has 0 amide bonds. The highest BCUT2D eigenvalue weighted by molar-refractivity contribution is 7.91. The fourth-order valence-corrected chi connectivity index (χ4v) is 4.11. The summed E-state index contributed by atoms with van der Waals surface area (Å²) >= 11 is 0. The van der Waals surface area contributed by atoms with Crippen molar-refractivity contribution >= 4 is 9.84 Å². The topological polar surface area (TPSA) is 49.4 Å². The van der Waals surface area contributed by atoms with Gasteiger partial charge in [0.2, 0.25) is 0 Å². The minimum Gasteiger partial charge on any atom is -0.319 e. The maximum Gasteiger partial charge on any atom is 0.151 e. The molecule has 4 nitrogen and oxygen atoms in total. The zero-order valence-corrected chi connectivity index (χ0v) is 10.8. The summed E-state index contributed by atoms with van der Waals surface area (Å²) < 4.78 is 23.0. The van der Waals surface area contributed by atoms with Crippen LogP contribution in [0.2, 0.25) is 0 Å². The van der Waals surface area contributed by atoms with Crippen LogP contribution in [0, 0.1) is 5.92 Å². The van der Waals surface area contributed by atoms with E-state index in [0.717, 1.165) is 32.0 Å². The van der Waals surface area contributed by atoms with Gasteiger partial charge in [0.15, 0.2) is 9.84 Å². The summed E-state index contributed by atoms with van der Waals surface area (Å²) in [6, 6.07) is 0.626. The normalized spacial score (nSPS) is 35.3. The molecule has 0 aromatic rings. The van der Waals surface area contributed by atoms with Crippen LogP contribution in [0.5, 0.6) is 0 Å². The van der Waals surface area contributed by atoms with Gasteiger partial charge in [0.25, 0.3) is 0 Å². The van der Waals surface area contributed by atoms with Gasteiger partial charge in [-0.2, -0.15) is 0 Å². The lowest BCUT2D eigenvalue weighted by atomic mass is 9.78. The molecule has 5 heteroatoms. The molecular formula is C11H22N2O2S. The second-order valence-corrected chi connectivity index (χ2v) is 7.31. The van der Waals surface area contributed by atoms with Crippen molar-refractivity contribution in [3.63, 3.8) is 0 Å². The molecule has 16 heavy (non-hydrogen) atoms. The quantitative estimate of drug-likeness (QED) is 0.767. The lowest BCUT2D eigenvalue weighted by Crippen LogP contribution is -2.51. The van der Waals surface area contributed by atoms with E-state index in [1.54, 1.807) is 0 Å². The van der Waals surface area contributed by atoms with E-state index >= 15 is 0 Å². The number of nitrogens with one attached hydrogen (secondary N) is 1. The molecule has 1 saturated heterocycles. The van der Waals surface area contributed by atoms with Crippen molar-refractivity contribution in [3.05, 3.63) is 0 Å². The van der Waals surface area contributed by atoms with E-state index in [1.165, 1.54) is 12.8 Å². The Labute approximate surface area is 98.3 Å². The van der Waals surface area contributed by atoms with Crippen molar-refractivity contribution in [1.29, 1.82) is 0 Å². The summed E-state index contributed by atoms with van der Waals surface area (Å²) in [5.41, 5.74) is 0. The zero-order valence-electron chi connectivity index (χ0n) is 9.98. The third kappa shape index (κ3) is 2.76. The molecule has 2 atom stereocenters. The third-order valence-electron chi connectivity index (χ3n) is 3.90. The van der Waals surface area contributed by atoms with Gasteiger partial charge in [-0.05, 0) is 45.3 Å². The van der Waals surface area contributed by atoms with Gasteiger partial charge in [0, 0.05) is 12.6 Å². The van der Waals surface area contributed by atoms with E-state index in [1.807, 2.05) is 7.05 Å². The van der Waals surface area contributed by atoms with Gasteiger partial charge in [0.05, 0.1) is 11.5 Å². The third-order valence-corrected chi connectivity index (χ3v) is 5.62. The van der Waals surface area contributed by atoms with Gasteiger partial charge in [-0.15, -0.1) is 0 Å². The van der Waals surface area contributed by atoms with Crippen LogP contribution in [0.4, 0.5) is 0 Å². The molecule has 94 valence electrons. The minimum absolute atomic E-state index is 0.357. The summed E-state index contributed by atoms with van der Waals surface area (Å²) in [7, 11) is -0.768. The number of hydrogen-bond acceptors (Lipinski definition) is 4. The Bertz CT molecular complexity index is 329. The molecular weight excluding hydrogens is 224 g/mol. The van der Waals surface area contributed by atoms with Gasteiger partial charge in [0.1, 0.15) is 0 Å². The van der Waals surface area contributed by atoms with Crippen LogP contribution in [0.15, 0.2) is 0 Å². The predicted octanol–water partition coefficient (Wildman–Crippen LogP) is 0.105. The fourth-order valence-electron chi connectivity index (χ4n) is 2.82. The minimum atomic E-state index is -2.76. The number of rotatable bonds is 3. The van der Waals surface area contributed by atoms with Crippen molar-refractivity contribution < 1.29 is 8.42 Å². The van der Waals surface area contributed by atoms with Crippen molar-refractivity contribution in [1.82, 2.24) is 10.2 Å². The Balaban J connectivity index is 1.90. The fraction of sp³-hybridized carbons (Fsp3) is 1.00. The number of hydrogen-bond donors (Lipinski definition) is 1. The molecule has 1 N–H and O–H groups in total. The Kier molecular flexibility index (Phi) is 3.87. The summed E-state index contributed by atoms with van der Waals surface area (Å²) in [6.45, 7) is 2.77. The first-order valence-electron chi connectivity index (χ1n) is 6.21. The van der Waals surface area contributed by atoms with E-state index in [9.17, 15) is 8.42 Å². The Morgan fingerprint density at radius 3 is 2.69 bits per heavy atom. The largest absolute Gasteiger partial charge is 0.319 e. The van der Waals surface area contributed by atoms with Gasteiger partial charge in [-0.3, -0.25) is 4.90 Å². The molecule has 2 rings (SSSR count). The van der Waals surface area contributed by atoms with E-state index in [-0.39, 0.29) is 0 Å². The highest BCUT2D eigenvalue weighted by atomic mass is 32.2. The Hall–Kier alpha value is -0.130. The maximum atomic E-state index is 11.5. The van der Waals surface area contributed by atoms with Crippen LogP contribution in [-0.4, -0.2) is 57.5 Å². The predicted molar refractivity (Wildman–Crippen MR) is 65.3 cm³/mol. The summed E-state index contributed by atoms with van der Waals surface area (Å²) in [6.07, 6.45) is 3.34. The molecule has 0 radical (unpaired) electrons. The molecule has 0 aromatic heterocycles. The molecule has 2 unspecified atom stereocenters. The van der Waals surface area contributed by atoms with Crippen LogP contribution in [0.3, 0.4) is 0 Å². The highest BCUT2D eigenvalue weighted by Crippen LogP contribution is 2.32. The van der Waals surface area contributed by atoms with Gasteiger partial charge in [-0.25, -0.2) is 8.42 Å². The van der Waals surface area contributed by atoms with Crippen molar-refractivity contribution in [3.8, 4) is 0 Å². The molecule has 0 bridgehead atoms. The summed E-state index contributed by atoms with van der Waals surface area (Å²) in [5.74, 6) is 1.47. The van der Waals surface area contributed by atoms with Crippen LogP contribution in [0.25, 0.3) is 0 Å². The monoisotopic (exact) mass is 246 g/mol. The van der Waals surface area contributed by atoms with Gasteiger partial charge in [-0.1, -0.05) is 0 Å². The van der Waals surface area contributed by atoms with Crippen molar-refractivity contribution in [2.24, 2.45) is 5.92 Å². The molecule has 0 spiro atoms. The smallest absolute Gasteiger partial charge is 0.151 e. The number of sulfone groups is 1. The van der Waals surface area contributed by atoms with Crippen LogP contribution >= 0.6 is 0 Å². The van der Waals surface area contributed by atoms with Gasteiger partial charge < -0.3 is 5.32 Å². The lowest BCUT2D eigenvalue weighted by molar-refractivity contribution is 0.0694. The SMILES string of the molecule is CNCC1CCC1N1CCCS(=O)(=O)CC1. The lowest BCUT2D eigenvalue weighted by Gasteiger charge is -2.44. The van der Waals surface area contributed by atoms with Crippen molar-refractivity contribution in [2.75, 3.05) is 38.2 Å². The maximum absolute atomic E-state index is 11.5. The van der Waals surface area contributed by atoms with E-state index < -0.39 is 9.84 Å². The first-order chi connectivity index (χ1) is 7.62. The van der Waals surface area contributed by atoms with Crippen LogP contribution in [0.1, 0.15) is 19.3 Å². The zero-order chi connectivity index (χ0) is 11.6. The number of nitrogens with zero attached hydrogens (tertiary/aromatic N) is 1. The first-order valence-corrected chi connectivity index (χ1v) is 8.03. The molecule has 2 fully saturated rings. The van der Waals surface area contributed by atoms with E-state index in [0.29, 0.717) is 17.5 Å². The Morgan fingerprint density at radius 2 is 2.06 bits per heavy atom. The standard InChI is InChI=1S/C11H22N2O2S/c1-12-9-10-3-4-11(10)13-5-2-7-16(14,15)8-6-13/h10-12H,2-9H2,1H3. The second kappa shape index (κ2) is 5.02. The first kappa shape index (κ1) is 12.3. The summed E-state index contributed by atoms with van der Waals surface area (Å²) in [5, 5.41) is 3.23. The average molecular weight is 246 g/mol. The highest BCUT2D eigenvalue weighted by Gasteiger charge is 2.36. The molecule has 0 aromatic carbocycles. The average Bonchev–Trinajstić information content (AvgIpc) is 2.36. The van der Waals surface area contributed by atoms with E-state index in [4.69, 9.17) is 0 Å². The molecule has 2 aliphatic rings.